The summed E-state index contributed by atoms with van der Waals surface area (Å²) in [6.45, 7) is 1.31. The number of methoxy groups -OCH3 is 1. The highest BCUT2D eigenvalue weighted by Crippen LogP contribution is 2.25. The smallest absolute Gasteiger partial charge is 0.247 e. The minimum atomic E-state index is -0.763. The number of ether oxygens (including phenoxy) is 1. The topological polar surface area (TPSA) is 58.6 Å². The average Bonchev–Trinajstić information content (AvgIpc) is 2.84. The number of hydrogen-bond donors (Lipinski definition) is 1. The molecular weight excluding hydrogens is 436 g/mol. The first-order valence-electron chi connectivity index (χ1n) is 11.0. The molecule has 1 N–H and O–H groups in total. The summed E-state index contributed by atoms with van der Waals surface area (Å²) in [4.78, 5) is 28.6. The second-order valence-electron chi connectivity index (χ2n) is 7.76. The van der Waals surface area contributed by atoms with Crippen LogP contribution in [0, 0.1) is 0 Å². The molecule has 0 aromatic heterocycles. The zero-order valence-electron chi connectivity index (χ0n) is 18.7. The quantitative estimate of drug-likeness (QED) is 0.414. The van der Waals surface area contributed by atoms with Gasteiger partial charge in [-0.2, -0.15) is 0 Å². The van der Waals surface area contributed by atoms with E-state index in [1.165, 1.54) is 0 Å². The zero-order valence-corrected chi connectivity index (χ0v) is 19.5. The van der Waals surface area contributed by atoms with Gasteiger partial charge in [-0.25, -0.2) is 0 Å². The summed E-state index contributed by atoms with van der Waals surface area (Å²) in [5, 5.41) is 3.60. The second kappa shape index (κ2) is 12.8. The first-order valence-corrected chi connectivity index (χ1v) is 11.4. The van der Waals surface area contributed by atoms with Gasteiger partial charge in [-0.1, -0.05) is 84.4 Å². The fraction of sp³-hybridized carbons (Fsp3) is 0.259. The number of amides is 2. The standard InChI is InChI=1S/C27H29ClN2O3/c1-33-18-8-17-29-27(32)26(23-11-6-3-7-12-23)30(20-22-13-15-24(28)16-14-22)25(31)19-21-9-4-2-5-10-21/h2-7,9-16,26H,8,17-20H2,1H3,(H,29,32). The Morgan fingerprint density at radius 3 is 2.18 bits per heavy atom. The lowest BCUT2D eigenvalue weighted by atomic mass is 10.0. The molecular formula is C27H29ClN2O3. The zero-order chi connectivity index (χ0) is 23.5. The van der Waals surface area contributed by atoms with E-state index in [-0.39, 0.29) is 24.8 Å². The van der Waals surface area contributed by atoms with Crippen LogP contribution in [-0.4, -0.2) is 37.0 Å². The molecule has 0 saturated carbocycles. The second-order valence-corrected chi connectivity index (χ2v) is 8.20. The Balaban J connectivity index is 1.93. The molecule has 0 aliphatic carbocycles. The van der Waals surface area contributed by atoms with Gasteiger partial charge in [-0.3, -0.25) is 9.59 Å². The molecule has 0 spiro atoms. The Kier molecular flexibility index (Phi) is 9.48. The molecule has 3 aromatic carbocycles. The Morgan fingerprint density at radius 2 is 1.55 bits per heavy atom. The van der Waals surface area contributed by atoms with E-state index in [9.17, 15) is 9.59 Å². The van der Waals surface area contributed by atoms with Crippen molar-refractivity contribution in [3.05, 3.63) is 107 Å². The molecule has 0 radical (unpaired) electrons. The number of carbonyl (C=O) groups is 2. The molecule has 33 heavy (non-hydrogen) atoms. The molecule has 1 atom stereocenters. The van der Waals surface area contributed by atoms with Crippen LogP contribution in [0.4, 0.5) is 0 Å². The number of rotatable bonds is 11. The van der Waals surface area contributed by atoms with E-state index in [0.29, 0.717) is 24.6 Å². The van der Waals surface area contributed by atoms with Crippen LogP contribution >= 0.6 is 11.6 Å². The summed E-state index contributed by atoms with van der Waals surface area (Å²) >= 11 is 6.05. The minimum Gasteiger partial charge on any atom is -0.385 e. The Morgan fingerprint density at radius 1 is 0.909 bits per heavy atom. The van der Waals surface area contributed by atoms with E-state index in [0.717, 1.165) is 16.7 Å². The van der Waals surface area contributed by atoms with E-state index < -0.39 is 6.04 Å². The van der Waals surface area contributed by atoms with Gasteiger partial charge in [0.25, 0.3) is 0 Å². The minimum absolute atomic E-state index is 0.128. The van der Waals surface area contributed by atoms with Gasteiger partial charge in [0.1, 0.15) is 6.04 Å². The van der Waals surface area contributed by atoms with Crippen molar-refractivity contribution < 1.29 is 14.3 Å². The van der Waals surface area contributed by atoms with Crippen molar-refractivity contribution in [3.8, 4) is 0 Å². The van der Waals surface area contributed by atoms with Crippen molar-refractivity contribution in [2.24, 2.45) is 0 Å². The molecule has 0 heterocycles. The predicted molar refractivity (Wildman–Crippen MR) is 131 cm³/mol. The maximum atomic E-state index is 13.6. The lowest BCUT2D eigenvalue weighted by Crippen LogP contribution is -2.44. The summed E-state index contributed by atoms with van der Waals surface area (Å²) in [6.07, 6.45) is 0.896. The molecule has 1 unspecified atom stereocenters. The SMILES string of the molecule is COCCCNC(=O)C(c1ccccc1)N(Cc1ccc(Cl)cc1)C(=O)Cc1ccccc1. The average molecular weight is 465 g/mol. The lowest BCUT2D eigenvalue weighted by molar-refractivity contribution is -0.141. The van der Waals surface area contributed by atoms with Crippen LogP contribution in [0.3, 0.4) is 0 Å². The van der Waals surface area contributed by atoms with Crippen molar-refractivity contribution >= 4 is 23.4 Å². The van der Waals surface area contributed by atoms with Gasteiger partial charge in [0.15, 0.2) is 0 Å². The first kappa shape index (κ1) is 24.5. The third kappa shape index (κ3) is 7.45. The molecule has 6 heteroatoms. The monoisotopic (exact) mass is 464 g/mol. The third-order valence-electron chi connectivity index (χ3n) is 5.28. The van der Waals surface area contributed by atoms with Crippen LogP contribution in [0.5, 0.6) is 0 Å². The number of hydrogen-bond acceptors (Lipinski definition) is 3. The maximum absolute atomic E-state index is 13.6. The predicted octanol–water partition coefficient (Wildman–Crippen LogP) is 4.81. The van der Waals surface area contributed by atoms with Crippen LogP contribution in [0.1, 0.15) is 29.2 Å². The number of benzene rings is 3. The van der Waals surface area contributed by atoms with E-state index in [2.05, 4.69) is 5.32 Å². The third-order valence-corrected chi connectivity index (χ3v) is 5.54. The summed E-state index contributed by atoms with van der Waals surface area (Å²) in [7, 11) is 1.63. The fourth-order valence-electron chi connectivity index (χ4n) is 3.61. The molecule has 2 amide bonds. The lowest BCUT2D eigenvalue weighted by Gasteiger charge is -2.32. The molecule has 0 bridgehead atoms. The van der Waals surface area contributed by atoms with Gasteiger partial charge in [0, 0.05) is 31.8 Å². The van der Waals surface area contributed by atoms with Crippen LogP contribution in [0.25, 0.3) is 0 Å². The molecule has 172 valence electrons. The summed E-state index contributed by atoms with van der Waals surface area (Å²) in [5.41, 5.74) is 2.56. The highest BCUT2D eigenvalue weighted by molar-refractivity contribution is 6.30. The number of carbonyl (C=O) groups excluding carboxylic acids is 2. The largest absolute Gasteiger partial charge is 0.385 e. The molecule has 0 fully saturated rings. The van der Waals surface area contributed by atoms with Crippen LogP contribution in [0.2, 0.25) is 5.02 Å². The fourth-order valence-corrected chi connectivity index (χ4v) is 3.74. The van der Waals surface area contributed by atoms with Crippen molar-refractivity contribution in [3.63, 3.8) is 0 Å². The molecule has 0 aliphatic rings. The number of halogens is 1. The van der Waals surface area contributed by atoms with Crippen molar-refractivity contribution in [2.75, 3.05) is 20.3 Å². The maximum Gasteiger partial charge on any atom is 0.247 e. The van der Waals surface area contributed by atoms with Crippen LogP contribution < -0.4 is 5.32 Å². The van der Waals surface area contributed by atoms with Gasteiger partial charge < -0.3 is 15.0 Å². The van der Waals surface area contributed by atoms with E-state index in [4.69, 9.17) is 16.3 Å². The number of nitrogens with zero attached hydrogens (tertiary/aromatic N) is 1. The van der Waals surface area contributed by atoms with Crippen LogP contribution in [0.15, 0.2) is 84.9 Å². The van der Waals surface area contributed by atoms with Crippen LogP contribution in [-0.2, 0) is 27.3 Å². The molecule has 3 aromatic rings. The number of nitrogens with one attached hydrogen (secondary N) is 1. The van der Waals surface area contributed by atoms with Gasteiger partial charge in [0.05, 0.1) is 6.42 Å². The van der Waals surface area contributed by atoms with Gasteiger partial charge >= 0.3 is 0 Å². The van der Waals surface area contributed by atoms with Crippen molar-refractivity contribution in [1.82, 2.24) is 10.2 Å². The molecule has 5 nitrogen and oxygen atoms in total. The molecule has 0 saturated heterocycles. The first-order chi connectivity index (χ1) is 16.1. The Hall–Kier alpha value is -3.15. The van der Waals surface area contributed by atoms with Crippen molar-refractivity contribution in [2.45, 2.75) is 25.4 Å². The van der Waals surface area contributed by atoms with E-state index >= 15 is 0 Å². The molecule has 0 aliphatic heterocycles. The highest BCUT2D eigenvalue weighted by atomic mass is 35.5. The normalized spacial score (nSPS) is 11.6. The van der Waals surface area contributed by atoms with Gasteiger partial charge in [-0.05, 0) is 35.2 Å². The summed E-state index contributed by atoms with van der Waals surface area (Å²) in [6, 6.07) is 25.5. The Bertz CT molecular complexity index is 1010. The van der Waals surface area contributed by atoms with E-state index in [1.54, 1.807) is 24.1 Å². The highest BCUT2D eigenvalue weighted by Gasteiger charge is 2.31. The van der Waals surface area contributed by atoms with Gasteiger partial charge in [0.2, 0.25) is 11.8 Å². The summed E-state index contributed by atoms with van der Waals surface area (Å²) < 4.78 is 5.08. The Labute approximate surface area is 200 Å². The molecule has 3 rings (SSSR count). The van der Waals surface area contributed by atoms with E-state index in [1.807, 2.05) is 72.8 Å². The summed E-state index contributed by atoms with van der Waals surface area (Å²) in [5.74, 6) is -0.343. The van der Waals surface area contributed by atoms with Gasteiger partial charge in [-0.15, -0.1) is 0 Å². The van der Waals surface area contributed by atoms with Crippen molar-refractivity contribution in [1.29, 1.82) is 0 Å².